The van der Waals surface area contributed by atoms with Gasteiger partial charge < -0.3 is 10.2 Å². The molecule has 1 aromatic carbocycles. The molecule has 0 unspecified atom stereocenters. The Kier molecular flexibility index (Phi) is 6.22. The van der Waals surface area contributed by atoms with Crippen LogP contribution in [0.2, 0.25) is 5.02 Å². The minimum atomic E-state index is -3.57. The highest BCUT2D eigenvalue weighted by Crippen LogP contribution is 2.25. The smallest absolute Gasteiger partial charge is 0.243 e. The summed E-state index contributed by atoms with van der Waals surface area (Å²) in [6, 6.07) is 9.76. The number of nitrogens with one attached hydrogen (secondary N) is 1. The van der Waals surface area contributed by atoms with Crippen LogP contribution in [0, 0.1) is 5.92 Å². The van der Waals surface area contributed by atoms with Crippen LogP contribution in [-0.2, 0) is 14.8 Å². The van der Waals surface area contributed by atoms with E-state index in [1.54, 1.807) is 24.4 Å². The second-order valence-electron chi connectivity index (χ2n) is 6.92. The number of anilines is 2. The molecule has 1 saturated heterocycles. The zero-order valence-electron chi connectivity index (χ0n) is 15.8. The SMILES string of the molecule is CN(C)c1ccc(NC(=O)C2CCN(S(=O)(=O)c3ccc(Cl)cc3)CC2)cn1. The average Bonchev–Trinajstić information content (AvgIpc) is 2.69. The molecule has 28 heavy (non-hydrogen) atoms. The molecule has 1 fully saturated rings. The van der Waals surface area contributed by atoms with E-state index in [0.717, 1.165) is 5.82 Å². The summed E-state index contributed by atoms with van der Waals surface area (Å²) in [7, 11) is 0.219. The summed E-state index contributed by atoms with van der Waals surface area (Å²) >= 11 is 5.83. The molecule has 1 aliphatic rings. The van der Waals surface area contributed by atoms with Crippen molar-refractivity contribution in [2.24, 2.45) is 5.92 Å². The summed E-state index contributed by atoms with van der Waals surface area (Å²) in [6.45, 7) is 0.613. The van der Waals surface area contributed by atoms with Crippen LogP contribution in [-0.4, -0.2) is 50.8 Å². The molecule has 2 aromatic rings. The Morgan fingerprint density at radius 2 is 1.79 bits per heavy atom. The molecule has 9 heteroatoms. The Balaban J connectivity index is 1.58. The predicted molar refractivity (Wildman–Crippen MR) is 110 cm³/mol. The third-order valence-electron chi connectivity index (χ3n) is 4.75. The summed E-state index contributed by atoms with van der Waals surface area (Å²) in [5.74, 6) is 0.465. The van der Waals surface area contributed by atoms with Crippen molar-refractivity contribution in [1.82, 2.24) is 9.29 Å². The van der Waals surface area contributed by atoms with Crippen molar-refractivity contribution in [3.63, 3.8) is 0 Å². The van der Waals surface area contributed by atoms with Gasteiger partial charge in [-0.1, -0.05) is 11.6 Å². The van der Waals surface area contributed by atoms with E-state index >= 15 is 0 Å². The van der Waals surface area contributed by atoms with Crippen LogP contribution in [0.15, 0.2) is 47.5 Å². The zero-order chi connectivity index (χ0) is 20.3. The Hall–Kier alpha value is -2.16. The minimum Gasteiger partial charge on any atom is -0.363 e. The lowest BCUT2D eigenvalue weighted by Gasteiger charge is -2.30. The van der Waals surface area contributed by atoms with Crippen molar-refractivity contribution in [3.05, 3.63) is 47.6 Å². The van der Waals surface area contributed by atoms with Crippen LogP contribution in [0.3, 0.4) is 0 Å². The maximum absolute atomic E-state index is 12.7. The van der Waals surface area contributed by atoms with E-state index in [-0.39, 0.29) is 16.7 Å². The number of benzene rings is 1. The number of carbonyl (C=O) groups is 1. The summed E-state index contributed by atoms with van der Waals surface area (Å²) in [4.78, 5) is 18.9. The number of amides is 1. The number of nitrogens with zero attached hydrogens (tertiary/aromatic N) is 3. The summed E-state index contributed by atoms with van der Waals surface area (Å²) in [6.07, 6.45) is 2.57. The number of aromatic nitrogens is 1. The lowest BCUT2D eigenvalue weighted by atomic mass is 9.97. The highest BCUT2D eigenvalue weighted by Gasteiger charge is 2.32. The van der Waals surface area contributed by atoms with Gasteiger partial charge in [0.25, 0.3) is 0 Å². The largest absolute Gasteiger partial charge is 0.363 e. The molecule has 0 atom stereocenters. The van der Waals surface area contributed by atoms with Crippen molar-refractivity contribution in [2.45, 2.75) is 17.7 Å². The van der Waals surface area contributed by atoms with E-state index < -0.39 is 10.0 Å². The fraction of sp³-hybridized carbons (Fsp3) is 0.368. The molecule has 2 heterocycles. The van der Waals surface area contributed by atoms with Crippen LogP contribution >= 0.6 is 11.6 Å². The van der Waals surface area contributed by atoms with E-state index in [0.29, 0.717) is 36.6 Å². The van der Waals surface area contributed by atoms with Gasteiger partial charge in [0, 0.05) is 38.1 Å². The fourth-order valence-corrected chi connectivity index (χ4v) is 4.68. The monoisotopic (exact) mass is 422 g/mol. The average molecular weight is 423 g/mol. The third kappa shape index (κ3) is 4.63. The third-order valence-corrected chi connectivity index (χ3v) is 6.91. The number of sulfonamides is 1. The van der Waals surface area contributed by atoms with Gasteiger partial charge in [-0.15, -0.1) is 0 Å². The van der Waals surface area contributed by atoms with Gasteiger partial charge in [0.1, 0.15) is 5.82 Å². The van der Waals surface area contributed by atoms with Crippen LogP contribution in [0.4, 0.5) is 11.5 Å². The van der Waals surface area contributed by atoms with Crippen LogP contribution in [0.25, 0.3) is 0 Å². The van der Waals surface area contributed by atoms with Gasteiger partial charge in [-0.2, -0.15) is 4.31 Å². The Morgan fingerprint density at radius 3 is 2.32 bits per heavy atom. The molecule has 150 valence electrons. The Labute approximate surface area is 170 Å². The van der Waals surface area contributed by atoms with Gasteiger partial charge in [-0.05, 0) is 49.2 Å². The van der Waals surface area contributed by atoms with Gasteiger partial charge in [-0.25, -0.2) is 13.4 Å². The lowest BCUT2D eigenvalue weighted by Crippen LogP contribution is -2.41. The minimum absolute atomic E-state index is 0.108. The fourth-order valence-electron chi connectivity index (χ4n) is 3.08. The van der Waals surface area contributed by atoms with E-state index in [1.165, 1.54) is 16.4 Å². The number of hydrogen-bond donors (Lipinski definition) is 1. The molecule has 0 aliphatic carbocycles. The summed E-state index contributed by atoms with van der Waals surface area (Å²) < 4.78 is 26.9. The molecular formula is C19H23ClN4O3S. The van der Waals surface area contributed by atoms with E-state index in [9.17, 15) is 13.2 Å². The molecular weight excluding hydrogens is 400 g/mol. The van der Waals surface area contributed by atoms with Gasteiger partial charge in [0.2, 0.25) is 15.9 Å². The second-order valence-corrected chi connectivity index (χ2v) is 9.30. The summed E-state index contributed by atoms with van der Waals surface area (Å²) in [5.41, 5.74) is 0.631. The van der Waals surface area contributed by atoms with Crippen molar-refractivity contribution >= 4 is 39.0 Å². The maximum atomic E-state index is 12.7. The number of halogens is 1. The van der Waals surface area contributed by atoms with E-state index in [2.05, 4.69) is 10.3 Å². The number of carbonyl (C=O) groups excluding carboxylic acids is 1. The van der Waals surface area contributed by atoms with Gasteiger partial charge in [-0.3, -0.25) is 4.79 Å². The quantitative estimate of drug-likeness (QED) is 0.801. The predicted octanol–water partition coefficient (Wildman–Crippen LogP) is 2.84. The number of piperidine rings is 1. The van der Waals surface area contributed by atoms with Crippen LogP contribution in [0.1, 0.15) is 12.8 Å². The standard InChI is InChI=1S/C19H23ClN4O3S/c1-23(2)18-8-5-16(13-21-18)22-19(25)14-9-11-24(12-10-14)28(26,27)17-6-3-15(20)4-7-17/h3-8,13-14H,9-12H2,1-2H3,(H,22,25). The highest BCUT2D eigenvalue weighted by atomic mass is 35.5. The number of hydrogen-bond acceptors (Lipinski definition) is 5. The molecule has 3 rings (SSSR count). The van der Waals surface area contributed by atoms with Gasteiger partial charge in [0.15, 0.2) is 0 Å². The van der Waals surface area contributed by atoms with E-state index in [1.807, 2.05) is 25.1 Å². The van der Waals surface area contributed by atoms with Gasteiger partial charge in [0.05, 0.1) is 16.8 Å². The molecule has 1 N–H and O–H groups in total. The zero-order valence-corrected chi connectivity index (χ0v) is 17.4. The molecule has 0 spiro atoms. The van der Waals surface area contributed by atoms with Gasteiger partial charge >= 0.3 is 0 Å². The number of rotatable bonds is 5. The first-order chi connectivity index (χ1) is 13.3. The Bertz CT molecular complexity index is 923. The van der Waals surface area contributed by atoms with Crippen molar-refractivity contribution in [1.29, 1.82) is 0 Å². The molecule has 7 nitrogen and oxygen atoms in total. The first-order valence-electron chi connectivity index (χ1n) is 8.97. The van der Waals surface area contributed by atoms with Crippen molar-refractivity contribution < 1.29 is 13.2 Å². The maximum Gasteiger partial charge on any atom is 0.243 e. The molecule has 1 aromatic heterocycles. The molecule has 0 radical (unpaired) electrons. The van der Waals surface area contributed by atoms with Crippen LogP contribution in [0.5, 0.6) is 0 Å². The lowest BCUT2D eigenvalue weighted by molar-refractivity contribution is -0.120. The normalized spacial score (nSPS) is 16.0. The molecule has 1 aliphatic heterocycles. The first kappa shape index (κ1) is 20.6. The van der Waals surface area contributed by atoms with Crippen molar-refractivity contribution in [3.8, 4) is 0 Å². The Morgan fingerprint density at radius 1 is 1.14 bits per heavy atom. The van der Waals surface area contributed by atoms with E-state index in [4.69, 9.17) is 11.6 Å². The van der Waals surface area contributed by atoms with Crippen molar-refractivity contribution in [2.75, 3.05) is 37.4 Å². The molecule has 0 saturated carbocycles. The summed E-state index contributed by atoms with van der Waals surface area (Å²) in [5, 5.41) is 3.36. The highest BCUT2D eigenvalue weighted by molar-refractivity contribution is 7.89. The second kappa shape index (κ2) is 8.46. The topological polar surface area (TPSA) is 82.6 Å². The van der Waals surface area contributed by atoms with Crippen LogP contribution < -0.4 is 10.2 Å². The first-order valence-corrected chi connectivity index (χ1v) is 10.8. The molecule has 1 amide bonds. The molecule has 0 bridgehead atoms. The number of pyridine rings is 1.